The van der Waals surface area contributed by atoms with Crippen LogP contribution in [-0.2, 0) is 9.53 Å². The summed E-state index contributed by atoms with van der Waals surface area (Å²) in [6.07, 6.45) is 0. The number of thioether (sulfide) groups is 1. The standard InChI is InChI=1S/C14H19NO4S/c1-4-19-14(16)11(3)20-13(9-15(17)18)12-7-5-10(2)6-8-12/h5-8,11,13H,4,9H2,1-3H3. The molecular formula is C14H19NO4S. The molecule has 0 bridgehead atoms. The van der Waals surface area contributed by atoms with E-state index in [0.717, 1.165) is 11.1 Å². The molecular weight excluding hydrogens is 278 g/mol. The Morgan fingerprint density at radius 1 is 1.40 bits per heavy atom. The Hall–Kier alpha value is -1.56. The van der Waals surface area contributed by atoms with Gasteiger partial charge in [0.05, 0.1) is 11.9 Å². The molecule has 110 valence electrons. The molecule has 0 N–H and O–H groups in total. The second kappa shape index (κ2) is 7.89. The van der Waals surface area contributed by atoms with Crippen LogP contribution < -0.4 is 0 Å². The van der Waals surface area contributed by atoms with Crippen LogP contribution in [0.3, 0.4) is 0 Å². The Balaban J connectivity index is 2.81. The average molecular weight is 297 g/mol. The molecule has 0 aliphatic heterocycles. The Morgan fingerprint density at radius 2 is 2.00 bits per heavy atom. The molecule has 0 spiro atoms. The molecule has 0 fully saturated rings. The Bertz CT molecular complexity index is 461. The summed E-state index contributed by atoms with van der Waals surface area (Å²) >= 11 is 1.26. The van der Waals surface area contributed by atoms with Crippen molar-refractivity contribution in [1.29, 1.82) is 0 Å². The number of aryl methyl sites for hydroxylation is 1. The summed E-state index contributed by atoms with van der Waals surface area (Å²) in [6, 6.07) is 7.57. The minimum Gasteiger partial charge on any atom is -0.465 e. The van der Waals surface area contributed by atoms with Crippen molar-refractivity contribution in [3.63, 3.8) is 0 Å². The molecule has 6 heteroatoms. The summed E-state index contributed by atoms with van der Waals surface area (Å²) in [6.45, 7) is 5.51. The minimum absolute atomic E-state index is 0.211. The third kappa shape index (κ3) is 5.21. The van der Waals surface area contributed by atoms with Gasteiger partial charge in [0.25, 0.3) is 0 Å². The number of nitro groups is 1. The van der Waals surface area contributed by atoms with Gasteiger partial charge in [-0.05, 0) is 26.3 Å². The van der Waals surface area contributed by atoms with Gasteiger partial charge < -0.3 is 4.74 Å². The number of hydrogen-bond donors (Lipinski definition) is 0. The molecule has 0 saturated heterocycles. The molecule has 1 rings (SSSR count). The average Bonchev–Trinajstić information content (AvgIpc) is 2.38. The van der Waals surface area contributed by atoms with Crippen molar-refractivity contribution in [2.24, 2.45) is 0 Å². The lowest BCUT2D eigenvalue weighted by molar-refractivity contribution is -0.479. The maximum Gasteiger partial charge on any atom is 0.318 e. The van der Waals surface area contributed by atoms with Crippen molar-refractivity contribution < 1.29 is 14.5 Å². The molecule has 5 nitrogen and oxygen atoms in total. The van der Waals surface area contributed by atoms with Gasteiger partial charge in [-0.25, -0.2) is 0 Å². The summed E-state index contributed by atoms with van der Waals surface area (Å²) in [5.41, 5.74) is 1.95. The third-order valence-corrected chi connectivity index (χ3v) is 4.10. The summed E-state index contributed by atoms with van der Waals surface area (Å²) in [5, 5.41) is 10.0. The minimum atomic E-state index is -0.429. The van der Waals surface area contributed by atoms with Crippen molar-refractivity contribution in [1.82, 2.24) is 0 Å². The van der Waals surface area contributed by atoms with Crippen LogP contribution in [0.2, 0.25) is 0 Å². The van der Waals surface area contributed by atoms with Gasteiger partial charge in [-0.1, -0.05) is 29.8 Å². The lowest BCUT2D eigenvalue weighted by Crippen LogP contribution is -2.20. The lowest BCUT2D eigenvalue weighted by atomic mass is 10.1. The maximum atomic E-state index is 11.6. The number of ether oxygens (including phenoxy) is 1. The van der Waals surface area contributed by atoms with E-state index in [1.165, 1.54) is 11.8 Å². The van der Waals surface area contributed by atoms with Crippen molar-refractivity contribution in [2.75, 3.05) is 13.2 Å². The van der Waals surface area contributed by atoms with E-state index in [2.05, 4.69) is 0 Å². The van der Waals surface area contributed by atoms with Crippen LogP contribution in [0.15, 0.2) is 24.3 Å². The van der Waals surface area contributed by atoms with Crippen LogP contribution in [0, 0.1) is 17.0 Å². The Kier molecular flexibility index (Phi) is 6.51. The third-order valence-electron chi connectivity index (χ3n) is 2.75. The van der Waals surface area contributed by atoms with Crippen LogP contribution in [-0.4, -0.2) is 29.3 Å². The van der Waals surface area contributed by atoms with Crippen LogP contribution in [0.25, 0.3) is 0 Å². The predicted octanol–water partition coefficient (Wildman–Crippen LogP) is 3.00. The molecule has 0 aromatic heterocycles. The molecule has 20 heavy (non-hydrogen) atoms. The number of esters is 1. The van der Waals surface area contributed by atoms with Crippen LogP contribution in [0.5, 0.6) is 0 Å². The lowest BCUT2D eigenvalue weighted by Gasteiger charge is -2.17. The molecule has 0 radical (unpaired) electrons. The fraction of sp³-hybridized carbons (Fsp3) is 0.500. The number of nitrogens with zero attached hydrogens (tertiary/aromatic N) is 1. The van der Waals surface area contributed by atoms with E-state index < -0.39 is 5.25 Å². The van der Waals surface area contributed by atoms with E-state index in [-0.39, 0.29) is 22.7 Å². The van der Waals surface area contributed by atoms with Crippen molar-refractivity contribution in [3.8, 4) is 0 Å². The molecule has 0 saturated carbocycles. The van der Waals surface area contributed by atoms with Gasteiger partial charge in [0.2, 0.25) is 6.54 Å². The molecule has 1 aromatic rings. The Morgan fingerprint density at radius 3 is 2.50 bits per heavy atom. The van der Waals surface area contributed by atoms with Gasteiger partial charge in [-0.2, -0.15) is 0 Å². The molecule has 0 amide bonds. The van der Waals surface area contributed by atoms with Gasteiger partial charge in [-0.3, -0.25) is 14.9 Å². The predicted molar refractivity (Wildman–Crippen MR) is 79.5 cm³/mol. The second-order valence-corrected chi connectivity index (χ2v) is 5.99. The van der Waals surface area contributed by atoms with Gasteiger partial charge >= 0.3 is 5.97 Å². The second-order valence-electron chi connectivity index (χ2n) is 4.44. The number of carbonyl (C=O) groups is 1. The summed E-state index contributed by atoms with van der Waals surface area (Å²) in [7, 11) is 0. The van der Waals surface area contributed by atoms with Crippen LogP contribution >= 0.6 is 11.8 Å². The normalized spacial score (nSPS) is 13.6. The Labute approximate surface area is 122 Å². The SMILES string of the molecule is CCOC(=O)C(C)SC(C[N+](=O)[O-])c1ccc(C)cc1. The molecule has 2 atom stereocenters. The fourth-order valence-electron chi connectivity index (χ4n) is 1.71. The van der Waals surface area contributed by atoms with Crippen molar-refractivity contribution >= 4 is 17.7 Å². The first-order chi connectivity index (χ1) is 9.43. The summed E-state index contributed by atoms with van der Waals surface area (Å²) < 4.78 is 4.93. The zero-order chi connectivity index (χ0) is 15.1. The van der Waals surface area contributed by atoms with Gasteiger partial charge in [0.1, 0.15) is 5.25 Å². The number of benzene rings is 1. The van der Waals surface area contributed by atoms with E-state index in [1.54, 1.807) is 13.8 Å². The molecule has 0 aliphatic rings. The van der Waals surface area contributed by atoms with Crippen molar-refractivity contribution in [3.05, 3.63) is 45.5 Å². The monoisotopic (exact) mass is 297 g/mol. The first-order valence-electron chi connectivity index (χ1n) is 6.44. The number of carbonyl (C=O) groups excluding carboxylic acids is 1. The summed E-state index contributed by atoms with van der Waals surface area (Å²) in [5.74, 6) is -0.335. The summed E-state index contributed by atoms with van der Waals surface area (Å²) in [4.78, 5) is 22.1. The topological polar surface area (TPSA) is 69.4 Å². The fourth-order valence-corrected chi connectivity index (χ4v) is 2.90. The maximum absolute atomic E-state index is 11.6. The number of rotatable bonds is 7. The molecule has 0 heterocycles. The van der Waals surface area contributed by atoms with E-state index in [4.69, 9.17) is 4.74 Å². The van der Waals surface area contributed by atoms with E-state index in [9.17, 15) is 14.9 Å². The zero-order valence-electron chi connectivity index (χ0n) is 11.9. The molecule has 0 aliphatic carbocycles. The van der Waals surface area contributed by atoms with E-state index in [1.807, 2.05) is 31.2 Å². The number of hydrogen-bond acceptors (Lipinski definition) is 5. The largest absolute Gasteiger partial charge is 0.465 e. The van der Waals surface area contributed by atoms with Gasteiger partial charge in [-0.15, -0.1) is 11.8 Å². The first-order valence-corrected chi connectivity index (χ1v) is 7.38. The highest BCUT2D eigenvalue weighted by Gasteiger charge is 2.25. The van der Waals surface area contributed by atoms with Crippen LogP contribution in [0.1, 0.15) is 30.2 Å². The molecule has 1 aromatic carbocycles. The highest BCUT2D eigenvalue weighted by molar-refractivity contribution is 8.00. The van der Waals surface area contributed by atoms with Crippen molar-refractivity contribution in [2.45, 2.75) is 31.3 Å². The van der Waals surface area contributed by atoms with E-state index >= 15 is 0 Å². The first kappa shape index (κ1) is 16.5. The smallest absolute Gasteiger partial charge is 0.318 e. The quantitative estimate of drug-likeness (QED) is 0.439. The van der Waals surface area contributed by atoms with Gasteiger partial charge in [0.15, 0.2) is 0 Å². The highest BCUT2D eigenvalue weighted by Crippen LogP contribution is 2.33. The van der Waals surface area contributed by atoms with Gasteiger partial charge in [0, 0.05) is 4.92 Å². The molecule has 2 unspecified atom stereocenters. The van der Waals surface area contributed by atoms with E-state index in [0.29, 0.717) is 6.61 Å². The highest BCUT2D eigenvalue weighted by atomic mass is 32.2. The van der Waals surface area contributed by atoms with Crippen LogP contribution in [0.4, 0.5) is 0 Å². The zero-order valence-corrected chi connectivity index (χ0v) is 12.7.